The summed E-state index contributed by atoms with van der Waals surface area (Å²) in [6, 6.07) is 2.07. The summed E-state index contributed by atoms with van der Waals surface area (Å²) in [6.07, 6.45) is 4.16. The van der Waals surface area contributed by atoms with Crippen LogP contribution >= 0.6 is 27.3 Å². The van der Waals surface area contributed by atoms with Gasteiger partial charge in [-0.15, -0.1) is 11.3 Å². The van der Waals surface area contributed by atoms with Crippen LogP contribution in [-0.2, 0) is 6.42 Å². The van der Waals surface area contributed by atoms with E-state index >= 15 is 0 Å². The van der Waals surface area contributed by atoms with E-state index in [0.717, 1.165) is 23.7 Å². The quantitative estimate of drug-likeness (QED) is 0.866. The molecule has 0 radical (unpaired) electrons. The van der Waals surface area contributed by atoms with Crippen LogP contribution in [0.2, 0.25) is 0 Å². The zero-order chi connectivity index (χ0) is 11.8. The summed E-state index contributed by atoms with van der Waals surface area (Å²) < 4.78 is 1.15. The van der Waals surface area contributed by atoms with Gasteiger partial charge in [0.15, 0.2) is 0 Å². The molecule has 90 valence electrons. The highest BCUT2D eigenvalue weighted by atomic mass is 79.9. The highest BCUT2D eigenvalue weighted by Gasteiger charge is 2.39. The van der Waals surface area contributed by atoms with Crippen molar-refractivity contribution in [2.75, 3.05) is 0 Å². The molecule has 1 aliphatic rings. The minimum absolute atomic E-state index is 0.415. The highest BCUT2D eigenvalue weighted by molar-refractivity contribution is 9.10. The molecule has 1 aromatic rings. The second-order valence-corrected chi connectivity index (χ2v) is 7.11. The zero-order valence-corrected chi connectivity index (χ0v) is 12.3. The van der Waals surface area contributed by atoms with Gasteiger partial charge in [-0.1, -0.05) is 20.3 Å². The van der Waals surface area contributed by atoms with Gasteiger partial charge < -0.3 is 5.11 Å². The normalized spacial score (nSPS) is 35.2. The second-order valence-electron chi connectivity index (χ2n) is 5.26. The number of rotatable bonds is 2. The van der Waals surface area contributed by atoms with Crippen molar-refractivity contribution in [3.05, 3.63) is 20.8 Å². The molecule has 1 nitrogen and oxygen atoms in total. The lowest BCUT2D eigenvalue weighted by molar-refractivity contribution is -0.0555. The first-order valence-corrected chi connectivity index (χ1v) is 7.63. The number of hydrogen-bond acceptors (Lipinski definition) is 2. The Labute approximate surface area is 110 Å². The van der Waals surface area contributed by atoms with Gasteiger partial charge in [-0.05, 0) is 52.1 Å². The molecule has 0 amide bonds. The van der Waals surface area contributed by atoms with Crippen LogP contribution in [-0.4, -0.2) is 10.7 Å². The summed E-state index contributed by atoms with van der Waals surface area (Å²) in [4.78, 5) is 1.28. The Balaban J connectivity index is 2.14. The third kappa shape index (κ3) is 2.52. The van der Waals surface area contributed by atoms with E-state index in [1.54, 1.807) is 11.3 Å². The van der Waals surface area contributed by atoms with Gasteiger partial charge in [-0.25, -0.2) is 0 Å². The average molecular weight is 303 g/mol. The van der Waals surface area contributed by atoms with E-state index in [4.69, 9.17) is 0 Å². The Morgan fingerprint density at radius 2 is 2.25 bits per heavy atom. The van der Waals surface area contributed by atoms with Gasteiger partial charge in [0.2, 0.25) is 0 Å². The van der Waals surface area contributed by atoms with Crippen molar-refractivity contribution >= 4 is 27.3 Å². The van der Waals surface area contributed by atoms with E-state index in [-0.39, 0.29) is 0 Å². The Hall–Kier alpha value is 0.140. The van der Waals surface area contributed by atoms with Crippen molar-refractivity contribution in [2.24, 2.45) is 11.8 Å². The van der Waals surface area contributed by atoms with Crippen molar-refractivity contribution in [3.63, 3.8) is 0 Å². The number of thiophene rings is 1. The molecule has 1 fully saturated rings. The molecule has 2 rings (SSSR count). The third-order valence-corrected chi connectivity index (χ3v) is 5.80. The molecule has 0 aromatic carbocycles. The molecule has 0 bridgehead atoms. The van der Waals surface area contributed by atoms with Crippen LogP contribution in [0.1, 0.15) is 38.0 Å². The van der Waals surface area contributed by atoms with E-state index in [1.807, 2.05) is 0 Å². The topological polar surface area (TPSA) is 20.2 Å². The molecule has 16 heavy (non-hydrogen) atoms. The summed E-state index contributed by atoms with van der Waals surface area (Å²) in [6.45, 7) is 4.44. The van der Waals surface area contributed by atoms with E-state index in [1.165, 1.54) is 11.3 Å². The first-order valence-electron chi connectivity index (χ1n) is 5.95. The van der Waals surface area contributed by atoms with E-state index < -0.39 is 5.60 Å². The third-order valence-electron chi connectivity index (χ3n) is 3.87. The molecule has 1 aromatic heterocycles. The fourth-order valence-corrected chi connectivity index (χ4v) is 4.30. The summed E-state index contributed by atoms with van der Waals surface area (Å²) in [5, 5.41) is 12.9. The number of aliphatic hydroxyl groups is 1. The van der Waals surface area contributed by atoms with Crippen molar-refractivity contribution in [2.45, 2.75) is 45.1 Å². The van der Waals surface area contributed by atoms with Crippen LogP contribution < -0.4 is 0 Å². The molecule has 0 spiro atoms. The summed E-state index contributed by atoms with van der Waals surface area (Å²) in [7, 11) is 0. The van der Waals surface area contributed by atoms with Crippen molar-refractivity contribution in [1.29, 1.82) is 0 Å². The fraction of sp³-hybridized carbons (Fsp3) is 0.692. The zero-order valence-electron chi connectivity index (χ0n) is 9.87. The Kier molecular flexibility index (Phi) is 3.77. The van der Waals surface area contributed by atoms with Crippen molar-refractivity contribution in [3.8, 4) is 0 Å². The monoisotopic (exact) mass is 302 g/mol. The van der Waals surface area contributed by atoms with Crippen molar-refractivity contribution < 1.29 is 5.11 Å². The molecule has 0 aliphatic heterocycles. The molecule has 1 saturated carbocycles. The molecule has 1 N–H and O–H groups in total. The molecule has 3 unspecified atom stereocenters. The SMILES string of the molecule is CC1CCC(C)C(O)(Cc2sccc2Br)C1. The Morgan fingerprint density at radius 1 is 1.50 bits per heavy atom. The molecule has 3 atom stereocenters. The first-order chi connectivity index (χ1) is 7.51. The molecule has 1 aliphatic carbocycles. The first kappa shape index (κ1) is 12.6. The van der Waals surface area contributed by atoms with Gasteiger partial charge in [0.05, 0.1) is 5.60 Å². The summed E-state index contributed by atoms with van der Waals surface area (Å²) >= 11 is 5.29. The molecular weight excluding hydrogens is 284 g/mol. The van der Waals surface area contributed by atoms with Crippen LogP contribution in [0.15, 0.2) is 15.9 Å². The summed E-state index contributed by atoms with van der Waals surface area (Å²) in [5.41, 5.74) is -0.495. The van der Waals surface area contributed by atoms with E-state index in [0.29, 0.717) is 11.8 Å². The lowest BCUT2D eigenvalue weighted by Crippen LogP contribution is -2.43. The van der Waals surface area contributed by atoms with Crippen LogP contribution in [0.25, 0.3) is 0 Å². The lowest BCUT2D eigenvalue weighted by Gasteiger charge is -2.41. The Bertz CT molecular complexity index is 363. The number of halogens is 1. The van der Waals surface area contributed by atoms with Gasteiger partial charge in [0.1, 0.15) is 0 Å². The molecule has 0 saturated heterocycles. The maximum absolute atomic E-state index is 10.8. The highest BCUT2D eigenvalue weighted by Crippen LogP contribution is 2.40. The number of hydrogen-bond donors (Lipinski definition) is 1. The van der Waals surface area contributed by atoms with Gasteiger partial charge >= 0.3 is 0 Å². The maximum Gasteiger partial charge on any atom is 0.0724 e. The minimum atomic E-state index is -0.495. The fourth-order valence-electron chi connectivity index (χ4n) is 2.69. The Morgan fingerprint density at radius 3 is 2.88 bits per heavy atom. The maximum atomic E-state index is 10.8. The average Bonchev–Trinajstić information content (AvgIpc) is 2.59. The van der Waals surface area contributed by atoms with Crippen LogP contribution in [0.4, 0.5) is 0 Å². The van der Waals surface area contributed by atoms with Gasteiger partial charge in [-0.3, -0.25) is 0 Å². The van der Waals surface area contributed by atoms with Gasteiger partial charge in [-0.2, -0.15) is 0 Å². The summed E-state index contributed by atoms with van der Waals surface area (Å²) in [5.74, 6) is 1.07. The van der Waals surface area contributed by atoms with Crippen molar-refractivity contribution in [1.82, 2.24) is 0 Å². The minimum Gasteiger partial charge on any atom is -0.389 e. The molecule has 3 heteroatoms. The smallest absolute Gasteiger partial charge is 0.0724 e. The predicted molar refractivity (Wildman–Crippen MR) is 72.9 cm³/mol. The predicted octanol–water partition coefficient (Wildman–Crippen LogP) is 4.24. The van der Waals surface area contributed by atoms with Gasteiger partial charge in [0.25, 0.3) is 0 Å². The second kappa shape index (κ2) is 4.79. The molecule has 1 heterocycles. The van der Waals surface area contributed by atoms with Crippen LogP contribution in [0.5, 0.6) is 0 Å². The van der Waals surface area contributed by atoms with E-state index in [2.05, 4.69) is 41.2 Å². The van der Waals surface area contributed by atoms with Crippen LogP contribution in [0.3, 0.4) is 0 Å². The van der Waals surface area contributed by atoms with E-state index in [9.17, 15) is 5.11 Å². The standard InChI is InChI=1S/C13H19BrOS/c1-9-3-4-10(2)13(15,7-9)8-12-11(14)5-6-16-12/h5-6,9-10,15H,3-4,7-8H2,1-2H3. The lowest BCUT2D eigenvalue weighted by atomic mass is 9.70. The van der Waals surface area contributed by atoms with Gasteiger partial charge in [0, 0.05) is 15.8 Å². The molecular formula is C13H19BrOS. The van der Waals surface area contributed by atoms with Crippen LogP contribution in [0, 0.1) is 11.8 Å². The largest absolute Gasteiger partial charge is 0.389 e.